The second-order valence-corrected chi connectivity index (χ2v) is 5.73. The van der Waals surface area contributed by atoms with Gasteiger partial charge in [0.15, 0.2) is 0 Å². The van der Waals surface area contributed by atoms with E-state index in [1.165, 1.54) is 0 Å². The fourth-order valence-electron chi connectivity index (χ4n) is 1.90. The van der Waals surface area contributed by atoms with Crippen molar-refractivity contribution in [1.82, 2.24) is 5.32 Å². The van der Waals surface area contributed by atoms with Crippen LogP contribution in [0.4, 0.5) is 0 Å². The molecule has 1 aliphatic heterocycles. The third-order valence-corrected chi connectivity index (χ3v) is 4.82. The molecular weight excluding hydrogens is 290 g/mol. The summed E-state index contributed by atoms with van der Waals surface area (Å²) < 4.78 is 6.37. The monoisotopic (exact) mass is 303 g/mol. The number of thiophene rings is 1. The maximum absolute atomic E-state index is 12.1. The second kappa shape index (κ2) is 5.40. The summed E-state index contributed by atoms with van der Waals surface area (Å²) >= 11 is 5.06. The summed E-state index contributed by atoms with van der Waals surface area (Å²) in [6.45, 7) is 1.19. The molecule has 3 nitrogen and oxygen atoms in total. The van der Waals surface area contributed by atoms with E-state index in [4.69, 9.17) is 4.74 Å². The minimum Gasteiger partial charge on any atom is -0.379 e. The number of ether oxygens (including phenoxy) is 1. The lowest BCUT2D eigenvalue weighted by Crippen LogP contribution is -2.37. The Morgan fingerprint density at radius 3 is 3.12 bits per heavy atom. The number of likely N-dealkylation sites (N-methyl/N-ethyl adjacent to an activating group) is 1. The molecule has 1 aromatic rings. The topological polar surface area (TPSA) is 38.3 Å². The van der Waals surface area contributed by atoms with E-state index in [1.54, 1.807) is 11.3 Å². The average molecular weight is 304 g/mol. The predicted molar refractivity (Wildman–Crippen MR) is 67.9 cm³/mol. The Balaban J connectivity index is 2.00. The Morgan fingerprint density at radius 2 is 2.50 bits per heavy atom. The molecular formula is C11H14BrNO2S. The first-order valence-electron chi connectivity index (χ1n) is 5.22. The highest BCUT2D eigenvalue weighted by atomic mass is 79.9. The van der Waals surface area contributed by atoms with Gasteiger partial charge in [-0.3, -0.25) is 4.79 Å². The molecule has 5 heteroatoms. The van der Waals surface area contributed by atoms with Gasteiger partial charge < -0.3 is 10.1 Å². The molecule has 1 aliphatic rings. The molecule has 16 heavy (non-hydrogen) atoms. The molecule has 0 aromatic carbocycles. The fourth-order valence-corrected chi connectivity index (χ4v) is 3.40. The minimum absolute atomic E-state index is 0.000926. The van der Waals surface area contributed by atoms with Crippen molar-refractivity contribution in [2.45, 2.75) is 12.5 Å². The van der Waals surface area contributed by atoms with E-state index in [9.17, 15) is 4.79 Å². The Hall–Kier alpha value is -0.230. The zero-order valence-electron chi connectivity index (χ0n) is 9.03. The number of ketones is 1. The van der Waals surface area contributed by atoms with Crippen LogP contribution in [0, 0.1) is 5.92 Å². The van der Waals surface area contributed by atoms with E-state index in [0.29, 0.717) is 19.6 Å². The Labute approximate surface area is 107 Å². The zero-order valence-corrected chi connectivity index (χ0v) is 11.4. The van der Waals surface area contributed by atoms with Gasteiger partial charge >= 0.3 is 0 Å². The van der Waals surface area contributed by atoms with Gasteiger partial charge in [0.05, 0.1) is 19.1 Å². The van der Waals surface area contributed by atoms with Crippen molar-refractivity contribution in [3.8, 4) is 0 Å². The van der Waals surface area contributed by atoms with Crippen LogP contribution < -0.4 is 5.32 Å². The summed E-state index contributed by atoms with van der Waals surface area (Å²) in [6, 6.07) is 2.15. The first-order chi connectivity index (χ1) is 7.72. The Morgan fingerprint density at radius 1 is 1.69 bits per heavy atom. The quantitative estimate of drug-likeness (QED) is 0.923. The van der Waals surface area contributed by atoms with Gasteiger partial charge in [0.1, 0.15) is 5.78 Å². The maximum atomic E-state index is 12.1. The Kier molecular flexibility index (Phi) is 4.13. The van der Waals surface area contributed by atoms with Crippen LogP contribution in [0.3, 0.4) is 0 Å². The van der Waals surface area contributed by atoms with Gasteiger partial charge in [0.2, 0.25) is 0 Å². The lowest BCUT2D eigenvalue weighted by atomic mass is 9.96. The van der Waals surface area contributed by atoms with Crippen LogP contribution in [-0.2, 0) is 16.0 Å². The molecule has 2 atom stereocenters. The van der Waals surface area contributed by atoms with Crippen molar-refractivity contribution in [3.63, 3.8) is 0 Å². The molecule has 2 heterocycles. The van der Waals surface area contributed by atoms with E-state index in [-0.39, 0.29) is 17.7 Å². The molecule has 0 radical (unpaired) electrons. The van der Waals surface area contributed by atoms with E-state index >= 15 is 0 Å². The third-order valence-electron chi connectivity index (χ3n) is 2.89. The summed E-state index contributed by atoms with van der Waals surface area (Å²) in [5, 5.41) is 5.13. The summed E-state index contributed by atoms with van der Waals surface area (Å²) in [6.07, 6.45) is 0.504. The number of nitrogens with one attached hydrogen (secondary N) is 1. The Bertz CT molecular complexity index is 380. The van der Waals surface area contributed by atoms with Gasteiger partial charge in [-0.15, -0.1) is 11.3 Å². The van der Waals surface area contributed by atoms with Crippen molar-refractivity contribution in [1.29, 1.82) is 0 Å². The molecule has 2 rings (SSSR count). The van der Waals surface area contributed by atoms with Gasteiger partial charge in [-0.1, -0.05) is 0 Å². The number of Topliss-reactive ketones (excluding diaryl/α,β-unsaturated/α-hetero) is 1. The van der Waals surface area contributed by atoms with Gasteiger partial charge in [-0.2, -0.15) is 0 Å². The second-order valence-electron chi connectivity index (χ2n) is 3.87. The average Bonchev–Trinajstić information content (AvgIpc) is 2.87. The third kappa shape index (κ3) is 2.53. The lowest BCUT2D eigenvalue weighted by molar-refractivity contribution is -0.122. The highest BCUT2D eigenvalue weighted by Gasteiger charge is 2.32. The van der Waals surface area contributed by atoms with Gasteiger partial charge in [-0.25, -0.2) is 0 Å². The zero-order chi connectivity index (χ0) is 11.5. The van der Waals surface area contributed by atoms with Crippen LogP contribution >= 0.6 is 27.3 Å². The van der Waals surface area contributed by atoms with Crippen molar-refractivity contribution in [3.05, 3.63) is 20.8 Å². The minimum atomic E-state index is -0.000926. The van der Waals surface area contributed by atoms with Crippen molar-refractivity contribution >= 4 is 33.0 Å². The predicted octanol–water partition coefficient (Wildman–Crippen LogP) is 1.86. The van der Waals surface area contributed by atoms with E-state index < -0.39 is 0 Å². The summed E-state index contributed by atoms with van der Waals surface area (Å²) in [4.78, 5) is 13.2. The molecule has 1 N–H and O–H groups in total. The smallest absolute Gasteiger partial charge is 0.145 e. The van der Waals surface area contributed by atoms with Crippen LogP contribution in [0.15, 0.2) is 15.9 Å². The van der Waals surface area contributed by atoms with Crippen LogP contribution in [0.1, 0.15) is 4.88 Å². The van der Waals surface area contributed by atoms with Gasteiger partial charge in [0.25, 0.3) is 0 Å². The largest absolute Gasteiger partial charge is 0.379 e. The molecule has 1 saturated heterocycles. The number of hydrogen-bond donors (Lipinski definition) is 1. The highest BCUT2D eigenvalue weighted by Crippen LogP contribution is 2.25. The van der Waals surface area contributed by atoms with Gasteiger partial charge in [-0.05, 0) is 34.4 Å². The molecule has 88 valence electrons. The summed E-state index contributed by atoms with van der Waals surface area (Å²) in [5.74, 6) is 0.263. The van der Waals surface area contributed by atoms with Crippen molar-refractivity contribution in [2.24, 2.45) is 5.92 Å². The standard InChI is InChI=1S/C11H14BrNO2S/c1-13-9-6-15-5-7(9)10(14)4-11-8(12)2-3-16-11/h2-3,7,9,13H,4-6H2,1H3. The SMILES string of the molecule is CNC1COCC1C(=O)Cc1sccc1Br. The summed E-state index contributed by atoms with van der Waals surface area (Å²) in [7, 11) is 1.88. The van der Waals surface area contributed by atoms with Crippen molar-refractivity contribution in [2.75, 3.05) is 20.3 Å². The van der Waals surface area contributed by atoms with Crippen molar-refractivity contribution < 1.29 is 9.53 Å². The summed E-state index contributed by atoms with van der Waals surface area (Å²) in [5.41, 5.74) is 0. The van der Waals surface area contributed by atoms with Crippen LogP contribution in [-0.4, -0.2) is 32.1 Å². The number of hydrogen-bond acceptors (Lipinski definition) is 4. The van der Waals surface area contributed by atoms with E-state index in [0.717, 1.165) is 9.35 Å². The van der Waals surface area contributed by atoms with Crippen LogP contribution in [0.5, 0.6) is 0 Å². The molecule has 0 amide bonds. The highest BCUT2D eigenvalue weighted by molar-refractivity contribution is 9.10. The fraction of sp³-hybridized carbons (Fsp3) is 0.545. The number of rotatable bonds is 4. The molecule has 0 saturated carbocycles. The molecule has 0 aliphatic carbocycles. The molecule has 2 unspecified atom stereocenters. The van der Waals surface area contributed by atoms with Crippen LogP contribution in [0.25, 0.3) is 0 Å². The first kappa shape index (κ1) is 12.2. The molecule has 0 bridgehead atoms. The van der Waals surface area contributed by atoms with E-state index in [1.807, 2.05) is 18.5 Å². The number of halogens is 1. The lowest BCUT2D eigenvalue weighted by Gasteiger charge is -2.15. The first-order valence-corrected chi connectivity index (χ1v) is 6.89. The maximum Gasteiger partial charge on any atom is 0.145 e. The van der Waals surface area contributed by atoms with Gasteiger partial charge in [0, 0.05) is 21.8 Å². The molecule has 1 aromatic heterocycles. The number of carbonyl (C=O) groups is 1. The normalized spacial score (nSPS) is 24.9. The molecule has 1 fully saturated rings. The molecule has 0 spiro atoms. The number of carbonyl (C=O) groups excluding carboxylic acids is 1. The van der Waals surface area contributed by atoms with Crippen LogP contribution in [0.2, 0.25) is 0 Å². The van der Waals surface area contributed by atoms with E-state index in [2.05, 4.69) is 21.2 Å².